The normalized spacial score (nSPS) is 10.2. The van der Waals surface area contributed by atoms with Gasteiger partial charge in [-0.05, 0) is 44.0 Å². The summed E-state index contributed by atoms with van der Waals surface area (Å²) in [5.74, 6) is -0.930. The molecule has 0 bridgehead atoms. The second-order valence-electron chi connectivity index (χ2n) is 5.42. The van der Waals surface area contributed by atoms with E-state index in [1.54, 1.807) is 6.07 Å². The number of carbonyl (C=O) groups is 2. The average Bonchev–Trinajstić information content (AvgIpc) is 2.49. The summed E-state index contributed by atoms with van der Waals surface area (Å²) < 4.78 is 0. The number of aryl methyl sites for hydroxylation is 3. The number of amides is 2. The molecule has 0 unspecified atom stereocenters. The number of hydrogen-bond donors (Lipinski definition) is 3. The number of rotatable bonds is 4. The molecule has 0 saturated carbocycles. The first-order valence-electron chi connectivity index (χ1n) is 7.22. The van der Waals surface area contributed by atoms with Crippen molar-refractivity contribution in [1.29, 1.82) is 0 Å². The minimum Gasteiger partial charge on any atom is -0.343 e. The summed E-state index contributed by atoms with van der Waals surface area (Å²) in [5, 5.41) is 5.23. The average molecular weight is 313 g/mol. The van der Waals surface area contributed by atoms with Crippen molar-refractivity contribution in [2.45, 2.75) is 20.8 Å². The third kappa shape index (κ3) is 4.06. The molecule has 2 amide bonds. The van der Waals surface area contributed by atoms with Gasteiger partial charge in [0, 0.05) is 11.9 Å². The third-order valence-corrected chi connectivity index (χ3v) is 3.41. The summed E-state index contributed by atoms with van der Waals surface area (Å²) >= 11 is 0. The maximum absolute atomic E-state index is 12.0. The Balaban J connectivity index is 2.00. The number of hydrogen-bond acceptors (Lipinski definition) is 3. The van der Waals surface area contributed by atoms with Gasteiger partial charge in [0.15, 0.2) is 0 Å². The van der Waals surface area contributed by atoms with Crippen LogP contribution in [0.4, 0.5) is 5.69 Å². The van der Waals surface area contributed by atoms with Gasteiger partial charge in [-0.3, -0.25) is 14.4 Å². The van der Waals surface area contributed by atoms with Crippen molar-refractivity contribution in [3.63, 3.8) is 0 Å². The van der Waals surface area contributed by atoms with Crippen LogP contribution < -0.4 is 16.2 Å². The predicted octanol–water partition coefficient (Wildman–Crippen LogP) is 1.67. The van der Waals surface area contributed by atoms with Crippen LogP contribution >= 0.6 is 0 Å². The summed E-state index contributed by atoms with van der Waals surface area (Å²) in [7, 11) is 0. The van der Waals surface area contributed by atoms with Crippen LogP contribution in [0.15, 0.2) is 35.3 Å². The quantitative estimate of drug-likeness (QED) is 0.802. The molecule has 2 rings (SSSR count). The Bertz CT molecular complexity index is 786. The predicted molar refractivity (Wildman–Crippen MR) is 88.7 cm³/mol. The van der Waals surface area contributed by atoms with Crippen LogP contribution in [0.5, 0.6) is 0 Å². The van der Waals surface area contributed by atoms with Crippen molar-refractivity contribution >= 4 is 17.5 Å². The fraction of sp³-hybridized carbons (Fsp3) is 0.235. The van der Waals surface area contributed by atoms with Crippen LogP contribution in [-0.2, 0) is 4.79 Å². The number of aromatic amines is 1. The summed E-state index contributed by atoms with van der Waals surface area (Å²) in [6, 6.07) is 6.91. The van der Waals surface area contributed by atoms with Crippen LogP contribution in [0.1, 0.15) is 27.0 Å². The SMILES string of the molecule is Cc1cc(C)c(NC(=O)CNC(=O)c2ccc[nH]c2=O)c(C)c1. The lowest BCUT2D eigenvalue weighted by atomic mass is 10.1. The molecular formula is C17H19N3O3. The van der Waals surface area contributed by atoms with Crippen molar-refractivity contribution in [2.75, 3.05) is 11.9 Å². The molecular weight excluding hydrogens is 294 g/mol. The van der Waals surface area contributed by atoms with Crippen LogP contribution in [0, 0.1) is 20.8 Å². The summed E-state index contributed by atoms with van der Waals surface area (Å²) in [6.45, 7) is 5.61. The number of aromatic nitrogens is 1. The summed E-state index contributed by atoms with van der Waals surface area (Å²) in [6.07, 6.45) is 1.44. The molecule has 1 aromatic heterocycles. The molecule has 0 saturated heterocycles. The smallest absolute Gasteiger partial charge is 0.260 e. The van der Waals surface area contributed by atoms with E-state index in [1.165, 1.54) is 12.3 Å². The van der Waals surface area contributed by atoms with Crippen molar-refractivity contribution in [2.24, 2.45) is 0 Å². The second kappa shape index (κ2) is 6.91. The van der Waals surface area contributed by atoms with E-state index >= 15 is 0 Å². The number of pyridine rings is 1. The van der Waals surface area contributed by atoms with Gasteiger partial charge in [-0.2, -0.15) is 0 Å². The van der Waals surface area contributed by atoms with Gasteiger partial charge in [0.1, 0.15) is 5.56 Å². The van der Waals surface area contributed by atoms with Crippen LogP contribution in [-0.4, -0.2) is 23.3 Å². The Hall–Kier alpha value is -2.89. The Kier molecular flexibility index (Phi) is 4.95. The first-order chi connectivity index (χ1) is 10.9. The largest absolute Gasteiger partial charge is 0.343 e. The molecule has 0 aliphatic heterocycles. The maximum Gasteiger partial charge on any atom is 0.260 e. The molecule has 3 N–H and O–H groups in total. The Morgan fingerprint density at radius 1 is 1.13 bits per heavy atom. The lowest BCUT2D eigenvalue weighted by Gasteiger charge is -2.13. The minimum atomic E-state index is -0.584. The molecule has 0 aliphatic rings. The highest BCUT2D eigenvalue weighted by Crippen LogP contribution is 2.21. The molecule has 6 nitrogen and oxygen atoms in total. The highest BCUT2D eigenvalue weighted by atomic mass is 16.2. The number of benzene rings is 1. The molecule has 23 heavy (non-hydrogen) atoms. The van der Waals surface area contributed by atoms with Gasteiger partial charge < -0.3 is 15.6 Å². The first-order valence-corrected chi connectivity index (χ1v) is 7.22. The maximum atomic E-state index is 12.0. The Morgan fingerprint density at radius 2 is 1.78 bits per heavy atom. The topological polar surface area (TPSA) is 91.1 Å². The van der Waals surface area contributed by atoms with E-state index < -0.39 is 11.5 Å². The zero-order valence-corrected chi connectivity index (χ0v) is 13.3. The fourth-order valence-electron chi connectivity index (χ4n) is 2.42. The zero-order chi connectivity index (χ0) is 17.0. The molecule has 1 aromatic carbocycles. The van der Waals surface area contributed by atoms with E-state index in [2.05, 4.69) is 15.6 Å². The van der Waals surface area contributed by atoms with Gasteiger partial charge >= 0.3 is 0 Å². The molecule has 0 spiro atoms. The van der Waals surface area contributed by atoms with Crippen molar-refractivity contribution in [3.8, 4) is 0 Å². The van der Waals surface area contributed by atoms with Crippen molar-refractivity contribution in [1.82, 2.24) is 10.3 Å². The molecule has 0 fully saturated rings. The molecule has 0 atom stereocenters. The van der Waals surface area contributed by atoms with E-state index in [4.69, 9.17) is 0 Å². The van der Waals surface area contributed by atoms with Crippen LogP contribution in [0.2, 0.25) is 0 Å². The van der Waals surface area contributed by atoms with Gasteiger partial charge in [0.05, 0.1) is 6.54 Å². The molecule has 120 valence electrons. The van der Waals surface area contributed by atoms with Crippen LogP contribution in [0.3, 0.4) is 0 Å². The number of anilines is 1. The van der Waals surface area contributed by atoms with Crippen molar-refractivity contribution < 1.29 is 9.59 Å². The highest BCUT2D eigenvalue weighted by molar-refractivity contribution is 5.99. The molecule has 0 radical (unpaired) electrons. The molecule has 1 heterocycles. The summed E-state index contributed by atoms with van der Waals surface area (Å²) in [5.41, 5.74) is 3.27. The highest BCUT2D eigenvalue weighted by Gasteiger charge is 2.12. The van der Waals surface area contributed by atoms with Gasteiger partial charge in [0.2, 0.25) is 5.91 Å². The van der Waals surface area contributed by atoms with Crippen LogP contribution in [0.25, 0.3) is 0 Å². The summed E-state index contributed by atoms with van der Waals surface area (Å²) in [4.78, 5) is 37.8. The standard InChI is InChI=1S/C17H19N3O3/c1-10-7-11(2)15(12(3)8-10)20-14(21)9-19-17(23)13-5-4-6-18-16(13)22/h4-8H,9H2,1-3H3,(H,18,22)(H,19,23)(H,20,21). The van der Waals surface area contributed by atoms with E-state index in [1.807, 2.05) is 32.9 Å². The van der Waals surface area contributed by atoms with Gasteiger partial charge in [-0.15, -0.1) is 0 Å². The molecule has 0 aliphatic carbocycles. The van der Waals surface area contributed by atoms with Gasteiger partial charge in [-0.25, -0.2) is 0 Å². The third-order valence-electron chi connectivity index (χ3n) is 3.41. The number of nitrogens with one attached hydrogen (secondary N) is 3. The Labute approximate surface area is 133 Å². The van der Waals surface area contributed by atoms with E-state index in [0.29, 0.717) is 0 Å². The second-order valence-corrected chi connectivity index (χ2v) is 5.42. The number of carbonyl (C=O) groups excluding carboxylic acids is 2. The van der Waals surface area contributed by atoms with Gasteiger partial charge in [0.25, 0.3) is 11.5 Å². The molecule has 2 aromatic rings. The van der Waals surface area contributed by atoms with Crippen molar-refractivity contribution in [3.05, 3.63) is 63.1 Å². The zero-order valence-electron chi connectivity index (χ0n) is 13.3. The van der Waals surface area contributed by atoms with Gasteiger partial charge in [-0.1, -0.05) is 17.7 Å². The monoisotopic (exact) mass is 313 g/mol. The number of H-pyrrole nitrogens is 1. The lowest BCUT2D eigenvalue weighted by molar-refractivity contribution is -0.115. The van der Waals surface area contributed by atoms with E-state index in [0.717, 1.165) is 22.4 Å². The first kappa shape index (κ1) is 16.5. The lowest BCUT2D eigenvalue weighted by Crippen LogP contribution is -2.35. The minimum absolute atomic E-state index is 0.0250. The Morgan fingerprint density at radius 3 is 2.39 bits per heavy atom. The fourth-order valence-corrected chi connectivity index (χ4v) is 2.42. The van der Waals surface area contributed by atoms with E-state index in [-0.39, 0.29) is 18.0 Å². The molecule has 6 heteroatoms. The van der Waals surface area contributed by atoms with E-state index in [9.17, 15) is 14.4 Å².